The van der Waals surface area contributed by atoms with Crippen LogP contribution in [0.25, 0.3) is 12.2 Å². The van der Waals surface area contributed by atoms with Crippen molar-refractivity contribution in [1.29, 1.82) is 0 Å². The lowest BCUT2D eigenvalue weighted by atomic mass is 9.88. The summed E-state index contributed by atoms with van der Waals surface area (Å²) in [7, 11) is 0. The molecule has 0 radical (unpaired) electrons. The average molecular weight is 316 g/mol. The Morgan fingerprint density at radius 1 is 1.22 bits per heavy atom. The third-order valence-corrected chi connectivity index (χ3v) is 4.11. The fraction of sp³-hybridized carbons (Fsp3) is 0.438. The van der Waals surface area contributed by atoms with Crippen LogP contribution in [0.3, 0.4) is 0 Å². The second-order valence-electron chi connectivity index (χ2n) is 5.69. The first kappa shape index (κ1) is 15.8. The molecule has 122 valence electrons. The molecule has 1 aliphatic rings. The Bertz CT molecular complexity index is 650. The van der Waals surface area contributed by atoms with Crippen LogP contribution in [0.4, 0.5) is 0 Å². The van der Waals surface area contributed by atoms with Crippen molar-refractivity contribution in [3.8, 4) is 0 Å². The maximum absolute atomic E-state index is 10.5. The Morgan fingerprint density at radius 2 is 1.96 bits per heavy atom. The molecule has 2 N–H and O–H groups in total. The van der Waals surface area contributed by atoms with E-state index in [1.165, 1.54) is 4.68 Å². The second kappa shape index (κ2) is 6.99. The lowest BCUT2D eigenvalue weighted by Gasteiger charge is -2.36. The molecule has 1 fully saturated rings. The van der Waals surface area contributed by atoms with Crippen molar-refractivity contribution >= 4 is 12.2 Å². The Morgan fingerprint density at radius 3 is 2.70 bits per heavy atom. The van der Waals surface area contributed by atoms with Gasteiger partial charge in [0, 0.05) is 26.1 Å². The maximum Gasteiger partial charge on any atom is 0.174 e. The van der Waals surface area contributed by atoms with Crippen LogP contribution in [-0.4, -0.2) is 55.3 Å². The topological polar surface area (TPSA) is 93.3 Å². The van der Waals surface area contributed by atoms with Crippen molar-refractivity contribution < 1.29 is 14.9 Å². The number of hydrogen-bond donors (Lipinski definition) is 2. The molecule has 0 amide bonds. The SMILES string of the molecule is OC(Cn1nnnc1C=Cc1ccccc1)C1(O)CCOCC1. The molecule has 23 heavy (non-hydrogen) atoms. The van der Waals surface area contributed by atoms with E-state index < -0.39 is 11.7 Å². The number of ether oxygens (including phenoxy) is 1. The highest BCUT2D eigenvalue weighted by atomic mass is 16.5. The van der Waals surface area contributed by atoms with Gasteiger partial charge in [-0.25, -0.2) is 4.68 Å². The summed E-state index contributed by atoms with van der Waals surface area (Å²) in [5.41, 5.74) is -0.115. The molecule has 1 aromatic carbocycles. The van der Waals surface area contributed by atoms with Gasteiger partial charge in [-0.3, -0.25) is 0 Å². The summed E-state index contributed by atoms with van der Waals surface area (Å²) in [6.07, 6.45) is 3.56. The predicted octanol–water partition coefficient (Wildman–Crippen LogP) is 0.746. The first-order chi connectivity index (χ1) is 11.2. The van der Waals surface area contributed by atoms with E-state index in [0.29, 0.717) is 31.9 Å². The van der Waals surface area contributed by atoms with Crippen LogP contribution < -0.4 is 0 Å². The summed E-state index contributed by atoms with van der Waals surface area (Å²) < 4.78 is 6.73. The van der Waals surface area contributed by atoms with Crippen molar-refractivity contribution in [3.63, 3.8) is 0 Å². The zero-order valence-corrected chi connectivity index (χ0v) is 12.7. The molecule has 1 atom stereocenters. The van der Waals surface area contributed by atoms with Crippen LogP contribution in [0.15, 0.2) is 30.3 Å². The number of aliphatic hydroxyl groups excluding tert-OH is 1. The first-order valence-corrected chi connectivity index (χ1v) is 7.65. The zero-order valence-electron chi connectivity index (χ0n) is 12.7. The van der Waals surface area contributed by atoms with Gasteiger partial charge in [0.05, 0.1) is 12.1 Å². The molecular formula is C16H20N4O3. The molecule has 1 aliphatic heterocycles. The van der Waals surface area contributed by atoms with E-state index in [0.717, 1.165) is 5.56 Å². The van der Waals surface area contributed by atoms with Gasteiger partial charge < -0.3 is 14.9 Å². The van der Waals surface area contributed by atoms with Crippen molar-refractivity contribution in [2.75, 3.05) is 13.2 Å². The number of tetrazole rings is 1. The molecule has 2 heterocycles. The Hall–Kier alpha value is -2.09. The van der Waals surface area contributed by atoms with E-state index >= 15 is 0 Å². The Labute approximate surface area is 134 Å². The van der Waals surface area contributed by atoms with Gasteiger partial charge in [0.1, 0.15) is 6.10 Å². The fourth-order valence-electron chi connectivity index (χ4n) is 2.59. The van der Waals surface area contributed by atoms with Crippen LogP contribution in [0.2, 0.25) is 0 Å². The number of benzene rings is 1. The predicted molar refractivity (Wildman–Crippen MR) is 84.2 cm³/mol. The molecule has 7 heteroatoms. The summed E-state index contributed by atoms with van der Waals surface area (Å²) in [6.45, 7) is 1.03. The third kappa shape index (κ3) is 3.82. The summed E-state index contributed by atoms with van der Waals surface area (Å²) in [4.78, 5) is 0. The van der Waals surface area contributed by atoms with Crippen molar-refractivity contribution in [3.05, 3.63) is 41.7 Å². The van der Waals surface area contributed by atoms with Crippen LogP contribution in [0.5, 0.6) is 0 Å². The number of rotatable bonds is 5. The molecule has 0 saturated carbocycles. The minimum Gasteiger partial charge on any atom is -0.388 e. The minimum atomic E-state index is -1.15. The molecule has 0 spiro atoms. The smallest absolute Gasteiger partial charge is 0.174 e. The van der Waals surface area contributed by atoms with Crippen LogP contribution in [0, 0.1) is 0 Å². The molecule has 0 bridgehead atoms. The monoisotopic (exact) mass is 316 g/mol. The summed E-state index contributed by atoms with van der Waals surface area (Å²) >= 11 is 0. The van der Waals surface area contributed by atoms with E-state index in [2.05, 4.69) is 15.5 Å². The van der Waals surface area contributed by atoms with Gasteiger partial charge in [-0.2, -0.15) is 0 Å². The van der Waals surface area contributed by atoms with Gasteiger partial charge in [-0.1, -0.05) is 36.4 Å². The van der Waals surface area contributed by atoms with Gasteiger partial charge in [0.25, 0.3) is 0 Å². The van der Waals surface area contributed by atoms with Crippen LogP contribution >= 0.6 is 0 Å². The van der Waals surface area contributed by atoms with Crippen molar-refractivity contribution in [2.24, 2.45) is 0 Å². The third-order valence-electron chi connectivity index (χ3n) is 4.11. The molecular weight excluding hydrogens is 296 g/mol. The zero-order chi connectivity index (χ0) is 16.1. The number of hydrogen-bond acceptors (Lipinski definition) is 6. The summed E-state index contributed by atoms with van der Waals surface area (Å²) in [5, 5.41) is 32.4. The van der Waals surface area contributed by atoms with Gasteiger partial charge in [0.2, 0.25) is 0 Å². The standard InChI is InChI=1S/C16H20N4O3/c21-14(16(22)8-10-23-11-9-16)12-20-15(17-18-19-20)7-6-13-4-2-1-3-5-13/h1-7,14,21-22H,8-12H2. The fourth-order valence-corrected chi connectivity index (χ4v) is 2.59. The quantitative estimate of drug-likeness (QED) is 0.845. The number of aromatic nitrogens is 4. The maximum atomic E-state index is 10.5. The highest BCUT2D eigenvalue weighted by Crippen LogP contribution is 2.25. The van der Waals surface area contributed by atoms with Crippen molar-refractivity contribution in [2.45, 2.75) is 31.1 Å². The lowest BCUT2D eigenvalue weighted by Crippen LogP contribution is -2.48. The Kier molecular flexibility index (Phi) is 4.80. The average Bonchev–Trinajstić information content (AvgIpc) is 3.02. The highest BCUT2D eigenvalue weighted by Gasteiger charge is 2.38. The van der Waals surface area contributed by atoms with Gasteiger partial charge in [-0.15, -0.1) is 5.10 Å². The van der Waals surface area contributed by atoms with Gasteiger partial charge in [-0.05, 0) is 22.1 Å². The highest BCUT2D eigenvalue weighted by molar-refractivity contribution is 5.66. The largest absolute Gasteiger partial charge is 0.388 e. The molecule has 3 rings (SSSR count). The van der Waals surface area contributed by atoms with Gasteiger partial charge in [0.15, 0.2) is 5.82 Å². The molecule has 2 aromatic rings. The minimum absolute atomic E-state index is 0.137. The van der Waals surface area contributed by atoms with Crippen molar-refractivity contribution in [1.82, 2.24) is 20.2 Å². The van der Waals surface area contributed by atoms with E-state index in [9.17, 15) is 10.2 Å². The molecule has 1 aromatic heterocycles. The van der Waals surface area contributed by atoms with E-state index in [1.807, 2.05) is 36.4 Å². The number of aliphatic hydroxyl groups is 2. The van der Waals surface area contributed by atoms with E-state index in [1.54, 1.807) is 6.08 Å². The first-order valence-electron chi connectivity index (χ1n) is 7.65. The summed E-state index contributed by atoms with van der Waals surface area (Å²) in [6, 6.07) is 9.81. The van der Waals surface area contributed by atoms with E-state index in [4.69, 9.17) is 4.74 Å². The number of nitrogens with zero attached hydrogens (tertiary/aromatic N) is 4. The van der Waals surface area contributed by atoms with E-state index in [-0.39, 0.29) is 6.54 Å². The molecule has 1 saturated heterocycles. The lowest BCUT2D eigenvalue weighted by molar-refractivity contribution is -0.136. The molecule has 1 unspecified atom stereocenters. The van der Waals surface area contributed by atoms with Crippen LogP contribution in [-0.2, 0) is 11.3 Å². The second-order valence-corrected chi connectivity index (χ2v) is 5.69. The molecule has 7 nitrogen and oxygen atoms in total. The summed E-state index contributed by atoms with van der Waals surface area (Å²) in [5.74, 6) is 0.531. The van der Waals surface area contributed by atoms with Gasteiger partial charge >= 0.3 is 0 Å². The van der Waals surface area contributed by atoms with Crippen LogP contribution in [0.1, 0.15) is 24.2 Å². The molecule has 0 aliphatic carbocycles. The Balaban J connectivity index is 1.70. The normalized spacial score (nSPS) is 19.0.